The largest absolute Gasteiger partial charge is 0.348 e. The van der Waals surface area contributed by atoms with Gasteiger partial charge in [-0.15, -0.1) is 10.2 Å². The van der Waals surface area contributed by atoms with Crippen molar-refractivity contribution in [1.29, 1.82) is 0 Å². The Labute approximate surface area is 228 Å². The maximum absolute atomic E-state index is 12.5. The number of tetrazole rings is 1. The van der Waals surface area contributed by atoms with Gasteiger partial charge in [0.15, 0.2) is 0 Å². The van der Waals surface area contributed by atoms with Crippen LogP contribution in [0.1, 0.15) is 36.8 Å². The molecule has 2 heterocycles. The summed E-state index contributed by atoms with van der Waals surface area (Å²) in [6, 6.07) is 25.2. The second-order valence-corrected chi connectivity index (χ2v) is 9.88. The second kappa shape index (κ2) is 11.9. The fourth-order valence-electron chi connectivity index (χ4n) is 4.67. The van der Waals surface area contributed by atoms with E-state index in [0.717, 1.165) is 64.2 Å². The lowest BCUT2D eigenvalue weighted by Gasteiger charge is -2.15. The van der Waals surface area contributed by atoms with Gasteiger partial charge in [-0.1, -0.05) is 74.0 Å². The van der Waals surface area contributed by atoms with Crippen molar-refractivity contribution in [3.8, 4) is 33.6 Å². The molecule has 1 amide bonds. The normalized spacial score (nSPS) is 11.1. The van der Waals surface area contributed by atoms with Crippen molar-refractivity contribution in [2.75, 3.05) is 14.1 Å². The third kappa shape index (κ3) is 5.95. The molecule has 39 heavy (non-hydrogen) atoms. The summed E-state index contributed by atoms with van der Waals surface area (Å²) in [6.45, 7) is 2.84. The van der Waals surface area contributed by atoms with Crippen LogP contribution in [0.3, 0.4) is 0 Å². The number of unbranched alkanes of at least 4 members (excludes halogenated alkanes) is 1. The van der Waals surface area contributed by atoms with E-state index in [1.807, 2.05) is 24.4 Å². The number of nitrogens with zero attached hydrogens (tertiary/aromatic N) is 6. The molecule has 0 unspecified atom stereocenters. The molecule has 3 aromatic carbocycles. The number of aryl methyl sites for hydroxylation is 1. The molecule has 0 aliphatic heterocycles. The predicted molar refractivity (Wildman–Crippen MR) is 153 cm³/mol. The number of aromatic amines is 1. The summed E-state index contributed by atoms with van der Waals surface area (Å²) >= 11 is 0. The van der Waals surface area contributed by atoms with Crippen LogP contribution in [0.2, 0.25) is 0 Å². The lowest BCUT2D eigenvalue weighted by molar-refractivity contribution is -0.128. The van der Waals surface area contributed by atoms with Crippen molar-refractivity contribution in [1.82, 2.24) is 35.1 Å². The maximum Gasteiger partial charge on any atom is 0.228 e. The van der Waals surface area contributed by atoms with Gasteiger partial charge in [0.1, 0.15) is 5.82 Å². The predicted octanol–water partition coefficient (Wildman–Crippen LogP) is 5.42. The zero-order valence-electron chi connectivity index (χ0n) is 22.6. The van der Waals surface area contributed by atoms with Gasteiger partial charge in [-0.2, -0.15) is 5.21 Å². The van der Waals surface area contributed by atoms with Gasteiger partial charge in [-0.05, 0) is 51.6 Å². The van der Waals surface area contributed by atoms with Crippen molar-refractivity contribution in [2.24, 2.45) is 0 Å². The van der Waals surface area contributed by atoms with Gasteiger partial charge in [0, 0.05) is 44.5 Å². The quantitative estimate of drug-likeness (QED) is 0.266. The summed E-state index contributed by atoms with van der Waals surface area (Å²) < 4.78 is 2.20. The van der Waals surface area contributed by atoms with Crippen LogP contribution in [0.5, 0.6) is 0 Å². The molecule has 0 aliphatic rings. The average molecular weight is 520 g/mol. The van der Waals surface area contributed by atoms with E-state index in [1.165, 1.54) is 0 Å². The average Bonchev–Trinajstić information content (AvgIpc) is 3.63. The molecule has 198 valence electrons. The summed E-state index contributed by atoms with van der Waals surface area (Å²) in [5, 5.41) is 14.8. The van der Waals surface area contributed by atoms with Crippen molar-refractivity contribution in [3.63, 3.8) is 0 Å². The van der Waals surface area contributed by atoms with Crippen LogP contribution in [0.25, 0.3) is 33.6 Å². The number of carbonyl (C=O) groups is 1. The fraction of sp³-hybridized carbons (Fsp3) is 0.258. The molecule has 0 fully saturated rings. The molecular formula is C31H33N7O. The van der Waals surface area contributed by atoms with Crippen LogP contribution >= 0.6 is 0 Å². The van der Waals surface area contributed by atoms with Gasteiger partial charge in [0.2, 0.25) is 11.7 Å². The highest BCUT2D eigenvalue weighted by Crippen LogP contribution is 2.34. The van der Waals surface area contributed by atoms with E-state index in [4.69, 9.17) is 0 Å². The van der Waals surface area contributed by atoms with Gasteiger partial charge >= 0.3 is 0 Å². The zero-order chi connectivity index (χ0) is 27.2. The van der Waals surface area contributed by atoms with E-state index in [2.05, 4.69) is 91.7 Å². The van der Waals surface area contributed by atoms with Crippen LogP contribution in [0.4, 0.5) is 0 Å². The smallest absolute Gasteiger partial charge is 0.228 e. The minimum absolute atomic E-state index is 0.0702. The molecule has 1 N–H and O–H groups in total. The molecule has 5 aromatic rings. The number of aromatic nitrogens is 6. The fourth-order valence-corrected chi connectivity index (χ4v) is 4.67. The zero-order valence-corrected chi connectivity index (χ0v) is 22.6. The van der Waals surface area contributed by atoms with Crippen LogP contribution in [0.15, 0.2) is 79.0 Å². The Kier molecular flexibility index (Phi) is 7.91. The monoisotopic (exact) mass is 519 g/mol. The first-order chi connectivity index (χ1) is 19.0. The Morgan fingerprint density at radius 3 is 2.38 bits per heavy atom. The van der Waals surface area contributed by atoms with Gasteiger partial charge in [0.25, 0.3) is 0 Å². The third-order valence-electron chi connectivity index (χ3n) is 6.92. The van der Waals surface area contributed by atoms with E-state index < -0.39 is 0 Å². The Bertz CT molecular complexity index is 1520. The first-order valence-electron chi connectivity index (χ1n) is 13.3. The SMILES string of the molecule is CCCCc1ncc(CC(=O)N(C)C)n1Cc1ccc(-c2cc(-c3ccccc3)ccc2-c2nn[nH]n2)cc1. The molecule has 0 atom stereocenters. The Morgan fingerprint density at radius 2 is 1.69 bits per heavy atom. The second-order valence-electron chi connectivity index (χ2n) is 9.88. The molecule has 0 radical (unpaired) electrons. The molecule has 5 rings (SSSR count). The highest BCUT2D eigenvalue weighted by molar-refractivity contribution is 5.85. The molecule has 0 bridgehead atoms. The van der Waals surface area contributed by atoms with E-state index in [0.29, 0.717) is 18.8 Å². The van der Waals surface area contributed by atoms with Crippen LogP contribution in [-0.4, -0.2) is 55.1 Å². The molecule has 0 saturated carbocycles. The molecule has 2 aromatic heterocycles. The number of amides is 1. The minimum Gasteiger partial charge on any atom is -0.348 e. The van der Waals surface area contributed by atoms with E-state index in [9.17, 15) is 4.79 Å². The summed E-state index contributed by atoms with van der Waals surface area (Å²) in [4.78, 5) is 18.8. The molecular weight excluding hydrogens is 486 g/mol. The van der Waals surface area contributed by atoms with E-state index in [1.54, 1.807) is 19.0 Å². The van der Waals surface area contributed by atoms with Crippen molar-refractivity contribution < 1.29 is 4.79 Å². The molecule has 8 heteroatoms. The Morgan fingerprint density at radius 1 is 0.923 bits per heavy atom. The lowest BCUT2D eigenvalue weighted by Crippen LogP contribution is -2.25. The molecule has 8 nitrogen and oxygen atoms in total. The van der Waals surface area contributed by atoms with Gasteiger partial charge in [-0.3, -0.25) is 4.79 Å². The number of nitrogens with one attached hydrogen (secondary N) is 1. The van der Waals surface area contributed by atoms with Gasteiger partial charge in [0.05, 0.1) is 6.42 Å². The number of likely N-dealkylation sites (N-methyl/N-ethyl adjacent to an activating group) is 1. The number of carbonyl (C=O) groups excluding carboxylic acids is 1. The van der Waals surface area contributed by atoms with E-state index >= 15 is 0 Å². The molecule has 0 spiro atoms. The minimum atomic E-state index is 0.0702. The number of rotatable bonds is 10. The first kappa shape index (κ1) is 26.0. The van der Waals surface area contributed by atoms with Crippen LogP contribution in [-0.2, 0) is 24.2 Å². The highest BCUT2D eigenvalue weighted by Gasteiger charge is 2.16. The standard InChI is InChI=1S/C31H33N7O/c1-4-5-11-29-32-20-26(19-30(39)37(2)3)38(29)21-22-12-14-24(15-13-22)28-18-25(23-9-7-6-8-10-23)16-17-27(28)31-33-35-36-34-31/h6-10,12-18,20H,4-5,11,19,21H2,1-3H3,(H,33,34,35,36). The van der Waals surface area contributed by atoms with Gasteiger partial charge < -0.3 is 9.47 Å². The number of benzene rings is 3. The number of hydrogen-bond donors (Lipinski definition) is 1. The molecule has 0 saturated heterocycles. The third-order valence-corrected chi connectivity index (χ3v) is 6.92. The number of hydrogen-bond acceptors (Lipinski definition) is 5. The maximum atomic E-state index is 12.5. The van der Waals surface area contributed by atoms with Gasteiger partial charge in [-0.25, -0.2) is 4.98 Å². The van der Waals surface area contributed by atoms with Crippen molar-refractivity contribution in [3.05, 3.63) is 96.1 Å². The van der Waals surface area contributed by atoms with Crippen LogP contribution < -0.4 is 0 Å². The number of imidazole rings is 1. The molecule has 0 aliphatic carbocycles. The number of H-pyrrole nitrogens is 1. The van der Waals surface area contributed by atoms with E-state index in [-0.39, 0.29) is 5.91 Å². The Balaban J connectivity index is 1.47. The summed E-state index contributed by atoms with van der Waals surface area (Å²) in [6.07, 6.45) is 5.24. The summed E-state index contributed by atoms with van der Waals surface area (Å²) in [7, 11) is 3.57. The van der Waals surface area contributed by atoms with Crippen molar-refractivity contribution in [2.45, 2.75) is 39.2 Å². The van der Waals surface area contributed by atoms with Crippen LogP contribution in [0, 0.1) is 0 Å². The lowest BCUT2D eigenvalue weighted by atomic mass is 9.93. The Hall–Kier alpha value is -4.59. The van der Waals surface area contributed by atoms with Crippen molar-refractivity contribution >= 4 is 5.91 Å². The highest BCUT2D eigenvalue weighted by atomic mass is 16.2. The first-order valence-corrected chi connectivity index (χ1v) is 13.3. The topological polar surface area (TPSA) is 92.6 Å². The summed E-state index contributed by atoms with van der Waals surface area (Å²) in [5.74, 6) is 1.65. The summed E-state index contributed by atoms with van der Waals surface area (Å²) in [5.41, 5.74) is 7.37.